The van der Waals surface area contributed by atoms with Gasteiger partial charge in [-0.15, -0.1) is 0 Å². The van der Waals surface area contributed by atoms with Gasteiger partial charge in [-0.25, -0.2) is 18.0 Å². The van der Waals surface area contributed by atoms with Crippen molar-refractivity contribution in [1.29, 1.82) is 0 Å². The number of carbonyl (C=O) groups is 1. The first-order valence-corrected chi connectivity index (χ1v) is 12.3. The fraction of sp³-hybridized carbons (Fsp3) is 0.300. The SMILES string of the molecule is CC=CC1CCC(c2ccc(-c3ccc(C(=O)Oc4ccc(OCC)c(F)c4)cc3)c(F)c2F)CC1. The van der Waals surface area contributed by atoms with E-state index in [9.17, 15) is 9.18 Å². The van der Waals surface area contributed by atoms with E-state index in [0.717, 1.165) is 31.7 Å². The van der Waals surface area contributed by atoms with Crippen LogP contribution in [0.4, 0.5) is 13.2 Å². The molecular weight excluding hydrogens is 465 g/mol. The molecule has 0 saturated heterocycles. The molecule has 0 atom stereocenters. The molecule has 0 spiro atoms. The van der Waals surface area contributed by atoms with E-state index in [-0.39, 0.29) is 28.5 Å². The van der Waals surface area contributed by atoms with Crippen LogP contribution in [0.1, 0.15) is 61.4 Å². The van der Waals surface area contributed by atoms with Crippen LogP contribution in [0.5, 0.6) is 11.5 Å². The van der Waals surface area contributed by atoms with Crippen LogP contribution in [0.3, 0.4) is 0 Å². The van der Waals surface area contributed by atoms with Gasteiger partial charge in [0.25, 0.3) is 0 Å². The summed E-state index contributed by atoms with van der Waals surface area (Å²) in [5, 5.41) is 0. The normalized spacial score (nSPS) is 17.8. The van der Waals surface area contributed by atoms with Crippen LogP contribution in [0.15, 0.2) is 66.7 Å². The number of hydrogen-bond donors (Lipinski definition) is 0. The average molecular weight is 495 g/mol. The highest BCUT2D eigenvalue weighted by Crippen LogP contribution is 2.39. The molecule has 0 bridgehead atoms. The van der Waals surface area contributed by atoms with Crippen molar-refractivity contribution >= 4 is 5.97 Å². The van der Waals surface area contributed by atoms with Crippen molar-refractivity contribution in [2.75, 3.05) is 6.61 Å². The Hall–Kier alpha value is -3.54. The summed E-state index contributed by atoms with van der Waals surface area (Å²) in [4.78, 5) is 12.5. The van der Waals surface area contributed by atoms with Gasteiger partial charge in [-0.05, 0) is 86.8 Å². The van der Waals surface area contributed by atoms with Crippen molar-refractivity contribution in [3.05, 3.63) is 95.3 Å². The smallest absolute Gasteiger partial charge is 0.343 e. The molecule has 0 aliphatic heterocycles. The number of ether oxygens (including phenoxy) is 2. The zero-order valence-electron chi connectivity index (χ0n) is 20.4. The Labute approximate surface area is 209 Å². The summed E-state index contributed by atoms with van der Waals surface area (Å²) in [6, 6.07) is 13.2. The quantitative estimate of drug-likeness (QED) is 0.188. The van der Waals surface area contributed by atoms with Crippen LogP contribution in [-0.2, 0) is 0 Å². The predicted octanol–water partition coefficient (Wildman–Crippen LogP) is 8.24. The zero-order chi connectivity index (χ0) is 25.7. The van der Waals surface area contributed by atoms with Gasteiger partial charge in [-0.3, -0.25) is 0 Å². The Balaban J connectivity index is 1.46. The summed E-state index contributed by atoms with van der Waals surface area (Å²) in [5.41, 5.74) is 1.20. The van der Waals surface area contributed by atoms with Crippen LogP contribution < -0.4 is 9.47 Å². The standard InChI is InChI=1S/C30H29F3O3/c1-3-5-19-6-8-20(9-7-19)24-15-16-25(29(33)28(24)32)21-10-12-22(13-11-21)30(34)36-23-14-17-27(35-4-2)26(31)18-23/h3,5,10-20H,4,6-9H2,1-2H3. The lowest BCUT2D eigenvalue weighted by Gasteiger charge is -2.27. The molecular formula is C30H29F3O3. The molecule has 1 saturated carbocycles. The Morgan fingerprint density at radius 1 is 0.944 bits per heavy atom. The fourth-order valence-corrected chi connectivity index (χ4v) is 4.77. The summed E-state index contributed by atoms with van der Waals surface area (Å²) >= 11 is 0. The number of rotatable bonds is 7. The van der Waals surface area contributed by atoms with Gasteiger partial charge in [0.15, 0.2) is 23.2 Å². The van der Waals surface area contributed by atoms with E-state index < -0.39 is 23.4 Å². The molecule has 188 valence electrons. The third-order valence-electron chi connectivity index (χ3n) is 6.63. The highest BCUT2D eigenvalue weighted by molar-refractivity contribution is 5.91. The Kier molecular flexibility index (Phi) is 8.14. The molecule has 6 heteroatoms. The molecule has 0 unspecified atom stereocenters. The molecule has 3 aromatic rings. The lowest BCUT2D eigenvalue weighted by Crippen LogP contribution is -2.13. The highest BCUT2D eigenvalue weighted by Gasteiger charge is 2.25. The minimum absolute atomic E-state index is 0.0136. The summed E-state index contributed by atoms with van der Waals surface area (Å²) in [7, 11) is 0. The first-order valence-electron chi connectivity index (χ1n) is 12.3. The minimum atomic E-state index is -0.886. The van der Waals surface area contributed by atoms with Gasteiger partial charge in [-0.2, -0.15) is 0 Å². The number of benzene rings is 3. The number of carbonyl (C=O) groups excluding carboxylic acids is 1. The Morgan fingerprint density at radius 2 is 1.67 bits per heavy atom. The van der Waals surface area contributed by atoms with E-state index >= 15 is 8.78 Å². The van der Waals surface area contributed by atoms with Crippen molar-refractivity contribution in [3.8, 4) is 22.6 Å². The van der Waals surface area contributed by atoms with Gasteiger partial charge in [0.1, 0.15) is 5.75 Å². The van der Waals surface area contributed by atoms with Gasteiger partial charge in [-0.1, -0.05) is 36.4 Å². The Bertz CT molecular complexity index is 1240. The van der Waals surface area contributed by atoms with E-state index in [4.69, 9.17) is 9.47 Å². The molecule has 1 aliphatic rings. The van der Waals surface area contributed by atoms with Crippen LogP contribution in [-0.4, -0.2) is 12.6 Å². The maximum absolute atomic E-state index is 15.0. The Morgan fingerprint density at radius 3 is 2.31 bits per heavy atom. The van der Waals surface area contributed by atoms with Crippen molar-refractivity contribution in [1.82, 2.24) is 0 Å². The maximum Gasteiger partial charge on any atom is 0.343 e. The summed E-state index contributed by atoms with van der Waals surface area (Å²) in [5.74, 6) is -2.38. The molecule has 1 fully saturated rings. The summed E-state index contributed by atoms with van der Waals surface area (Å²) < 4.78 is 54.5. The van der Waals surface area contributed by atoms with Gasteiger partial charge in [0, 0.05) is 11.6 Å². The molecule has 0 heterocycles. The molecule has 1 aliphatic carbocycles. The minimum Gasteiger partial charge on any atom is -0.491 e. The van der Waals surface area contributed by atoms with Crippen LogP contribution in [0, 0.1) is 23.4 Å². The predicted molar refractivity (Wildman–Crippen MR) is 134 cm³/mol. The van der Waals surface area contributed by atoms with Crippen molar-refractivity contribution in [2.45, 2.75) is 45.4 Å². The summed E-state index contributed by atoms with van der Waals surface area (Å²) in [6.45, 7) is 4.05. The number of esters is 1. The maximum atomic E-state index is 15.0. The van der Waals surface area contributed by atoms with Crippen molar-refractivity contribution in [3.63, 3.8) is 0 Å². The lowest BCUT2D eigenvalue weighted by molar-refractivity contribution is 0.0734. The first kappa shape index (κ1) is 25.5. The molecule has 36 heavy (non-hydrogen) atoms. The largest absolute Gasteiger partial charge is 0.491 e. The molecule has 0 radical (unpaired) electrons. The van der Waals surface area contributed by atoms with E-state index in [1.54, 1.807) is 19.1 Å². The van der Waals surface area contributed by atoms with E-state index in [1.807, 2.05) is 13.0 Å². The van der Waals surface area contributed by atoms with Gasteiger partial charge in [0.2, 0.25) is 0 Å². The van der Waals surface area contributed by atoms with Gasteiger partial charge in [0.05, 0.1) is 12.2 Å². The molecule has 3 aromatic carbocycles. The molecule has 0 aromatic heterocycles. The zero-order valence-corrected chi connectivity index (χ0v) is 20.4. The molecule has 3 nitrogen and oxygen atoms in total. The highest BCUT2D eigenvalue weighted by atomic mass is 19.2. The number of hydrogen-bond acceptors (Lipinski definition) is 3. The van der Waals surface area contributed by atoms with Gasteiger partial charge < -0.3 is 9.47 Å². The van der Waals surface area contributed by atoms with Crippen molar-refractivity contribution < 1.29 is 27.4 Å². The first-order chi connectivity index (χ1) is 17.4. The third kappa shape index (κ3) is 5.64. The topological polar surface area (TPSA) is 35.5 Å². The van der Waals surface area contributed by atoms with E-state index in [2.05, 4.69) is 6.08 Å². The average Bonchev–Trinajstić information content (AvgIpc) is 2.88. The monoisotopic (exact) mass is 494 g/mol. The van der Waals surface area contributed by atoms with E-state index in [1.165, 1.54) is 36.4 Å². The van der Waals surface area contributed by atoms with Crippen LogP contribution >= 0.6 is 0 Å². The third-order valence-corrected chi connectivity index (χ3v) is 6.63. The second-order valence-corrected chi connectivity index (χ2v) is 8.96. The van der Waals surface area contributed by atoms with Crippen molar-refractivity contribution in [2.24, 2.45) is 5.92 Å². The number of halogens is 3. The second kappa shape index (κ2) is 11.5. The van der Waals surface area contributed by atoms with Crippen LogP contribution in [0.2, 0.25) is 0 Å². The second-order valence-electron chi connectivity index (χ2n) is 8.96. The molecule has 0 N–H and O–H groups in total. The van der Waals surface area contributed by atoms with Gasteiger partial charge >= 0.3 is 5.97 Å². The fourth-order valence-electron chi connectivity index (χ4n) is 4.77. The molecule has 0 amide bonds. The van der Waals surface area contributed by atoms with Crippen LogP contribution in [0.25, 0.3) is 11.1 Å². The lowest BCUT2D eigenvalue weighted by atomic mass is 9.78. The summed E-state index contributed by atoms with van der Waals surface area (Å²) in [6.07, 6.45) is 7.84. The van der Waals surface area contributed by atoms with E-state index in [0.29, 0.717) is 23.7 Å². The number of allylic oxidation sites excluding steroid dienone is 2. The molecule has 4 rings (SSSR count).